The molecule has 0 bridgehead atoms. The van der Waals surface area contributed by atoms with E-state index >= 15 is 0 Å². The van der Waals surface area contributed by atoms with Crippen LogP contribution in [0.1, 0.15) is 5.56 Å². The molecule has 0 radical (unpaired) electrons. The fourth-order valence-electron chi connectivity index (χ4n) is 2.50. The molecule has 23 heavy (non-hydrogen) atoms. The molecule has 1 aromatic heterocycles. The van der Waals surface area contributed by atoms with Crippen molar-refractivity contribution in [3.05, 3.63) is 72.4 Å². The van der Waals surface area contributed by atoms with E-state index in [2.05, 4.69) is 11.1 Å². The van der Waals surface area contributed by atoms with Crippen LogP contribution in [0.2, 0.25) is 0 Å². The zero-order valence-corrected chi connectivity index (χ0v) is 13.8. The van der Waals surface area contributed by atoms with Crippen molar-refractivity contribution in [1.82, 2.24) is 4.98 Å². The minimum atomic E-state index is -3.19. The van der Waals surface area contributed by atoms with Crippen LogP contribution in [0.3, 0.4) is 0 Å². The lowest BCUT2D eigenvalue weighted by molar-refractivity contribution is 0.602. The smallest absolute Gasteiger partial charge is 0.175 e. The first-order valence-corrected chi connectivity index (χ1v) is 9.17. The summed E-state index contributed by atoms with van der Waals surface area (Å²) in [5.41, 5.74) is 4.94. The third-order valence-corrected chi connectivity index (χ3v) is 4.79. The Kier molecular flexibility index (Phi) is 4.01. The van der Waals surface area contributed by atoms with Gasteiger partial charge in [-0.05, 0) is 36.2 Å². The van der Waals surface area contributed by atoms with E-state index in [0.29, 0.717) is 4.90 Å². The maximum absolute atomic E-state index is 11.6. The summed E-state index contributed by atoms with van der Waals surface area (Å²) in [6.07, 6.45) is 3.06. The molecule has 0 N–H and O–H groups in total. The molecule has 3 nitrogen and oxygen atoms in total. The molecule has 3 rings (SSSR count). The highest BCUT2D eigenvalue weighted by atomic mass is 32.2. The fraction of sp³-hybridized carbons (Fsp3) is 0.105. The summed E-state index contributed by atoms with van der Waals surface area (Å²) in [6, 6.07) is 19.0. The largest absolute Gasteiger partial charge is 0.255 e. The predicted octanol–water partition coefficient (Wildman–Crippen LogP) is 4.13. The van der Waals surface area contributed by atoms with Crippen molar-refractivity contribution in [3.8, 4) is 22.4 Å². The first-order valence-electron chi connectivity index (χ1n) is 7.28. The summed E-state index contributed by atoms with van der Waals surface area (Å²) in [5, 5.41) is 0. The summed E-state index contributed by atoms with van der Waals surface area (Å²) in [4.78, 5) is 4.90. The first kappa shape index (κ1) is 15.4. The number of nitrogens with zero attached hydrogens (tertiary/aromatic N) is 1. The molecule has 2 aromatic carbocycles. The van der Waals surface area contributed by atoms with E-state index in [0.717, 1.165) is 27.9 Å². The summed E-state index contributed by atoms with van der Waals surface area (Å²) in [5.74, 6) is 0. The van der Waals surface area contributed by atoms with Gasteiger partial charge in [-0.2, -0.15) is 0 Å². The van der Waals surface area contributed by atoms with Gasteiger partial charge in [0.1, 0.15) is 0 Å². The Morgan fingerprint density at radius 1 is 0.870 bits per heavy atom. The summed E-state index contributed by atoms with van der Waals surface area (Å²) < 4.78 is 23.2. The Hall–Kier alpha value is -2.46. The maximum Gasteiger partial charge on any atom is 0.175 e. The van der Waals surface area contributed by atoms with Crippen LogP contribution in [-0.2, 0) is 9.84 Å². The van der Waals surface area contributed by atoms with Crippen molar-refractivity contribution in [2.45, 2.75) is 11.8 Å². The molecule has 4 heteroatoms. The number of benzene rings is 2. The molecule has 0 aliphatic heterocycles. The molecule has 0 saturated carbocycles. The van der Waals surface area contributed by atoms with Crippen LogP contribution in [-0.4, -0.2) is 19.7 Å². The van der Waals surface area contributed by atoms with Crippen molar-refractivity contribution < 1.29 is 8.42 Å². The summed E-state index contributed by atoms with van der Waals surface area (Å²) in [7, 11) is -3.19. The Balaban J connectivity index is 2.14. The number of rotatable bonds is 3. The van der Waals surface area contributed by atoms with Gasteiger partial charge in [0.05, 0.1) is 10.6 Å². The quantitative estimate of drug-likeness (QED) is 0.728. The molecule has 0 aliphatic rings. The van der Waals surface area contributed by atoms with Crippen molar-refractivity contribution in [2.24, 2.45) is 0 Å². The van der Waals surface area contributed by atoms with Crippen LogP contribution in [0.5, 0.6) is 0 Å². The predicted molar refractivity (Wildman–Crippen MR) is 93.0 cm³/mol. The van der Waals surface area contributed by atoms with Crippen LogP contribution in [0.4, 0.5) is 0 Å². The lowest BCUT2D eigenvalue weighted by Gasteiger charge is -2.11. The highest BCUT2D eigenvalue weighted by Crippen LogP contribution is 2.31. The third-order valence-electron chi connectivity index (χ3n) is 3.67. The second kappa shape index (κ2) is 5.97. The molecule has 0 amide bonds. The molecular weight excluding hydrogens is 306 g/mol. The topological polar surface area (TPSA) is 47.0 Å². The number of aromatic nitrogens is 1. The summed E-state index contributed by atoms with van der Waals surface area (Å²) in [6.45, 7) is 2.00. The Morgan fingerprint density at radius 2 is 1.52 bits per heavy atom. The zero-order valence-electron chi connectivity index (χ0n) is 13.0. The molecule has 3 aromatic rings. The van der Waals surface area contributed by atoms with Gasteiger partial charge < -0.3 is 0 Å². The Bertz CT molecular complexity index is 931. The molecule has 1 heterocycles. The molecular formula is C19H17NO2S. The normalized spacial score (nSPS) is 11.4. The Labute approximate surface area is 136 Å². The van der Waals surface area contributed by atoms with Gasteiger partial charge in [-0.25, -0.2) is 8.42 Å². The summed E-state index contributed by atoms with van der Waals surface area (Å²) >= 11 is 0. The minimum absolute atomic E-state index is 0.322. The highest BCUT2D eigenvalue weighted by Gasteiger charge is 2.11. The van der Waals surface area contributed by atoms with Gasteiger partial charge in [0.15, 0.2) is 9.84 Å². The van der Waals surface area contributed by atoms with E-state index in [1.54, 1.807) is 12.1 Å². The molecule has 0 saturated heterocycles. The van der Waals surface area contributed by atoms with Gasteiger partial charge in [-0.1, -0.05) is 42.5 Å². The van der Waals surface area contributed by atoms with E-state index < -0.39 is 9.84 Å². The lowest BCUT2D eigenvalue weighted by atomic mass is 9.98. The zero-order chi connectivity index (χ0) is 16.4. The van der Waals surface area contributed by atoms with E-state index in [9.17, 15) is 8.42 Å². The number of pyridine rings is 1. The fourth-order valence-corrected chi connectivity index (χ4v) is 3.13. The molecule has 0 unspecified atom stereocenters. The van der Waals surface area contributed by atoms with Crippen LogP contribution in [0.25, 0.3) is 22.4 Å². The highest BCUT2D eigenvalue weighted by molar-refractivity contribution is 7.90. The van der Waals surface area contributed by atoms with Crippen LogP contribution >= 0.6 is 0 Å². The molecule has 0 fully saturated rings. The number of hydrogen-bond donors (Lipinski definition) is 0. The van der Waals surface area contributed by atoms with Crippen LogP contribution in [0, 0.1) is 6.92 Å². The van der Waals surface area contributed by atoms with Gasteiger partial charge in [0.25, 0.3) is 0 Å². The molecule has 0 spiro atoms. The third kappa shape index (κ3) is 3.32. The van der Waals surface area contributed by atoms with Crippen molar-refractivity contribution >= 4 is 9.84 Å². The van der Waals surface area contributed by atoms with Crippen molar-refractivity contribution in [3.63, 3.8) is 0 Å². The second-order valence-corrected chi connectivity index (χ2v) is 7.59. The van der Waals surface area contributed by atoms with Gasteiger partial charge in [-0.15, -0.1) is 0 Å². The van der Waals surface area contributed by atoms with E-state index in [1.807, 2.05) is 55.6 Å². The SMILES string of the molecule is Cc1cnc(-c2ccccc2)c(-c2ccc(S(C)(=O)=O)cc2)c1. The monoisotopic (exact) mass is 323 g/mol. The van der Waals surface area contributed by atoms with Crippen LogP contribution in [0.15, 0.2) is 71.8 Å². The van der Waals surface area contributed by atoms with E-state index in [-0.39, 0.29) is 0 Å². The van der Waals surface area contributed by atoms with Gasteiger partial charge in [0, 0.05) is 23.6 Å². The van der Waals surface area contributed by atoms with E-state index in [1.165, 1.54) is 6.26 Å². The average molecular weight is 323 g/mol. The number of aryl methyl sites for hydroxylation is 1. The van der Waals surface area contributed by atoms with Crippen molar-refractivity contribution in [1.29, 1.82) is 0 Å². The lowest BCUT2D eigenvalue weighted by Crippen LogP contribution is -1.97. The van der Waals surface area contributed by atoms with Gasteiger partial charge in [0.2, 0.25) is 0 Å². The second-order valence-electron chi connectivity index (χ2n) is 5.57. The number of hydrogen-bond acceptors (Lipinski definition) is 3. The maximum atomic E-state index is 11.6. The van der Waals surface area contributed by atoms with Gasteiger partial charge >= 0.3 is 0 Å². The minimum Gasteiger partial charge on any atom is -0.255 e. The van der Waals surface area contributed by atoms with E-state index in [4.69, 9.17) is 0 Å². The Morgan fingerprint density at radius 3 is 2.13 bits per heavy atom. The molecule has 116 valence electrons. The standard InChI is InChI=1S/C19H17NO2S/c1-14-12-18(15-8-10-17(11-9-15)23(2,21)22)19(20-13-14)16-6-4-3-5-7-16/h3-13H,1-2H3. The van der Waals surface area contributed by atoms with Gasteiger partial charge in [-0.3, -0.25) is 4.98 Å². The first-order chi connectivity index (χ1) is 10.9. The molecule has 0 aliphatic carbocycles. The number of sulfone groups is 1. The average Bonchev–Trinajstić information content (AvgIpc) is 2.55. The van der Waals surface area contributed by atoms with Crippen molar-refractivity contribution in [2.75, 3.05) is 6.26 Å². The molecule has 0 atom stereocenters. The van der Waals surface area contributed by atoms with Crippen LogP contribution < -0.4 is 0 Å².